The maximum atomic E-state index is 13.7. The van der Waals surface area contributed by atoms with Gasteiger partial charge in [-0.15, -0.1) is 0 Å². The van der Waals surface area contributed by atoms with Crippen molar-refractivity contribution in [3.05, 3.63) is 47.3 Å². The summed E-state index contributed by atoms with van der Waals surface area (Å²) in [4.78, 5) is 23.9. The highest BCUT2D eigenvalue weighted by atomic mass is 32.2. The van der Waals surface area contributed by atoms with Gasteiger partial charge >= 0.3 is 6.18 Å². The van der Waals surface area contributed by atoms with Crippen molar-refractivity contribution in [2.24, 2.45) is 5.73 Å². The van der Waals surface area contributed by atoms with Gasteiger partial charge < -0.3 is 11.1 Å². The smallest absolute Gasteiger partial charge is 0.366 e. The molecule has 2 aromatic rings. The van der Waals surface area contributed by atoms with E-state index in [1.54, 1.807) is 0 Å². The molecular weight excluding hydrogens is 436 g/mol. The number of halogens is 4. The highest BCUT2D eigenvalue weighted by Crippen LogP contribution is 2.37. The number of hydrogen-bond acceptors (Lipinski definition) is 7. The highest BCUT2D eigenvalue weighted by molar-refractivity contribution is 7.98. The Bertz CT molecular complexity index is 891. The van der Waals surface area contributed by atoms with E-state index in [-0.39, 0.29) is 21.1 Å². The largest absolute Gasteiger partial charge is 0.390 e. The number of rotatable bonds is 8. The fraction of sp³-hybridized carbons (Fsp3) is 0.250. The average molecular weight is 452 g/mol. The lowest BCUT2D eigenvalue weighted by Crippen LogP contribution is -2.23. The van der Waals surface area contributed by atoms with Crippen molar-refractivity contribution in [3.63, 3.8) is 0 Å². The van der Waals surface area contributed by atoms with Crippen LogP contribution in [0.1, 0.15) is 27.1 Å². The molecule has 2 rings (SSSR count). The first kappa shape index (κ1) is 22.9. The Balaban J connectivity index is 2.14. The fourth-order valence-electron chi connectivity index (χ4n) is 2.06. The average Bonchev–Trinajstić information content (AvgIpc) is 3.04. The second-order valence-corrected chi connectivity index (χ2v) is 7.86. The number of nitrogens with zero attached hydrogens (tertiary/aromatic N) is 2. The molecule has 0 saturated heterocycles. The molecule has 0 saturated carbocycles. The highest BCUT2D eigenvalue weighted by Gasteiger charge is 2.28. The van der Waals surface area contributed by atoms with Crippen molar-refractivity contribution < 1.29 is 32.4 Å². The lowest BCUT2D eigenvalue weighted by molar-refractivity contribution is -0.135. The molecule has 0 bridgehead atoms. The van der Waals surface area contributed by atoms with E-state index in [2.05, 4.69) is 5.32 Å². The Morgan fingerprint density at radius 3 is 2.52 bits per heavy atom. The zero-order valence-corrected chi connectivity index (χ0v) is 16.5. The Morgan fingerprint density at radius 1 is 1.28 bits per heavy atom. The maximum absolute atomic E-state index is 13.7. The number of thiophene rings is 1. The molecule has 0 atom stereocenters. The molecule has 0 unspecified atom stereocenters. The van der Waals surface area contributed by atoms with E-state index in [1.807, 2.05) is 0 Å². The molecule has 0 aliphatic rings. The predicted molar refractivity (Wildman–Crippen MR) is 102 cm³/mol. The Hall–Kier alpha value is -2.35. The summed E-state index contributed by atoms with van der Waals surface area (Å²) >= 11 is 1.29. The van der Waals surface area contributed by atoms with Crippen LogP contribution in [0.4, 0.5) is 27.6 Å². The van der Waals surface area contributed by atoms with Gasteiger partial charge in [0.1, 0.15) is 15.8 Å². The third-order valence-corrected chi connectivity index (χ3v) is 5.40. The summed E-state index contributed by atoms with van der Waals surface area (Å²) in [5.74, 6) is -2.52. The van der Waals surface area contributed by atoms with E-state index in [9.17, 15) is 32.4 Å². The quantitative estimate of drug-likeness (QED) is 0.319. The lowest BCUT2D eigenvalue weighted by Gasteiger charge is -2.21. The minimum atomic E-state index is -4.35. The molecule has 0 fully saturated rings. The third kappa shape index (κ3) is 6.59. The van der Waals surface area contributed by atoms with E-state index < -0.39 is 36.8 Å². The standard InChI is InChI=1S/C16H16F4N4O3S2/c1-23(7-6-16(18,19)20)29-24(27)12-8-10(13(21)25)15(28-12)22-14(26)9-4-2-3-5-11(9)17/h2-5,8,27H,6-7H2,1H3,(H2,21,25)(H,22,26). The first-order valence-electron chi connectivity index (χ1n) is 7.92. The number of benzene rings is 1. The van der Waals surface area contributed by atoms with Crippen LogP contribution in [0.5, 0.6) is 0 Å². The molecule has 7 nitrogen and oxygen atoms in total. The zero-order valence-electron chi connectivity index (χ0n) is 14.9. The molecule has 158 valence electrons. The van der Waals surface area contributed by atoms with E-state index in [4.69, 9.17) is 5.73 Å². The monoisotopic (exact) mass is 452 g/mol. The van der Waals surface area contributed by atoms with Crippen molar-refractivity contribution in [1.29, 1.82) is 0 Å². The number of amides is 2. The number of nitrogens with two attached hydrogens (primary N) is 1. The van der Waals surface area contributed by atoms with E-state index >= 15 is 0 Å². The van der Waals surface area contributed by atoms with Gasteiger partial charge in [0.05, 0.1) is 29.7 Å². The molecule has 4 N–H and O–H groups in total. The Morgan fingerprint density at radius 2 is 1.93 bits per heavy atom. The van der Waals surface area contributed by atoms with Gasteiger partial charge in [-0.3, -0.25) is 14.8 Å². The van der Waals surface area contributed by atoms with Crippen molar-refractivity contribution in [3.8, 4) is 0 Å². The van der Waals surface area contributed by atoms with Crippen molar-refractivity contribution in [2.45, 2.75) is 12.6 Å². The van der Waals surface area contributed by atoms with Gasteiger partial charge in [-0.2, -0.15) is 17.6 Å². The van der Waals surface area contributed by atoms with Crippen LogP contribution in [-0.4, -0.2) is 41.1 Å². The number of carbonyl (C=O) groups excluding carboxylic acids is 2. The van der Waals surface area contributed by atoms with E-state index in [0.29, 0.717) is 16.6 Å². The maximum Gasteiger partial charge on any atom is 0.390 e. The van der Waals surface area contributed by atoms with Crippen LogP contribution in [0.15, 0.2) is 30.3 Å². The topological polar surface area (TPSA) is 98.9 Å². The number of hydrogen-bond donors (Lipinski definition) is 3. The molecule has 1 heterocycles. The molecule has 0 aliphatic heterocycles. The summed E-state index contributed by atoms with van der Waals surface area (Å²) in [5.41, 5.74) is 4.86. The van der Waals surface area contributed by atoms with Crippen LogP contribution >= 0.6 is 23.5 Å². The number of nitrogens with one attached hydrogen (secondary N) is 1. The van der Waals surface area contributed by atoms with Gasteiger partial charge in [-0.1, -0.05) is 23.5 Å². The molecule has 1 aromatic carbocycles. The van der Waals surface area contributed by atoms with Gasteiger partial charge in [0.2, 0.25) is 0 Å². The van der Waals surface area contributed by atoms with Gasteiger partial charge in [0.15, 0.2) is 0 Å². The van der Waals surface area contributed by atoms with Gasteiger partial charge in [-0.05, 0) is 25.2 Å². The minimum absolute atomic E-state index is 0.0199. The zero-order chi connectivity index (χ0) is 21.8. The van der Waals surface area contributed by atoms with Gasteiger partial charge in [0.25, 0.3) is 11.8 Å². The summed E-state index contributed by atoms with van der Waals surface area (Å²) in [6.07, 6.45) is -5.42. The first-order valence-corrected chi connectivity index (χ1v) is 9.47. The Kier molecular flexibility index (Phi) is 7.46. The van der Waals surface area contributed by atoms with E-state index in [1.165, 1.54) is 25.2 Å². The van der Waals surface area contributed by atoms with Crippen molar-refractivity contribution in [2.75, 3.05) is 23.4 Å². The number of primary amides is 1. The van der Waals surface area contributed by atoms with E-state index in [0.717, 1.165) is 27.8 Å². The lowest BCUT2D eigenvalue weighted by atomic mass is 10.2. The molecule has 1 aromatic heterocycles. The van der Waals surface area contributed by atoms with Crippen LogP contribution in [0.25, 0.3) is 0 Å². The SMILES string of the molecule is CN(CCC(F)(F)F)SN(O)c1cc(C(N)=O)c(NC(=O)c2ccccc2F)s1. The predicted octanol–water partition coefficient (Wildman–Crippen LogP) is 3.88. The Labute approximate surface area is 171 Å². The molecular formula is C16H16F4N4O3S2. The van der Waals surface area contributed by atoms with Crippen LogP contribution in [-0.2, 0) is 0 Å². The second kappa shape index (κ2) is 9.43. The molecule has 0 spiro atoms. The normalized spacial score (nSPS) is 11.6. The minimum Gasteiger partial charge on any atom is -0.366 e. The van der Waals surface area contributed by atoms with Crippen LogP contribution in [0, 0.1) is 5.82 Å². The molecule has 2 amide bonds. The first-order chi connectivity index (χ1) is 13.5. The summed E-state index contributed by atoms with van der Waals surface area (Å²) in [5, 5.41) is 12.4. The second-order valence-electron chi connectivity index (χ2n) is 5.70. The van der Waals surface area contributed by atoms with Crippen molar-refractivity contribution in [1.82, 2.24) is 4.31 Å². The van der Waals surface area contributed by atoms with Crippen molar-refractivity contribution >= 4 is 45.3 Å². The number of anilines is 2. The number of carbonyl (C=O) groups is 2. The summed E-state index contributed by atoms with van der Waals surface area (Å²) in [7, 11) is 1.34. The molecule has 0 radical (unpaired) electrons. The van der Waals surface area contributed by atoms with Crippen LogP contribution < -0.4 is 15.5 Å². The molecule has 0 aliphatic carbocycles. The summed E-state index contributed by atoms with van der Waals surface area (Å²) in [6, 6.07) is 6.35. The summed E-state index contributed by atoms with van der Waals surface area (Å²) < 4.78 is 52.3. The van der Waals surface area contributed by atoms with Gasteiger partial charge in [-0.25, -0.2) is 8.70 Å². The molecule has 29 heavy (non-hydrogen) atoms. The summed E-state index contributed by atoms with van der Waals surface area (Å²) in [6.45, 7) is -0.393. The third-order valence-electron chi connectivity index (χ3n) is 3.45. The number of alkyl halides is 3. The van der Waals surface area contributed by atoms with Crippen LogP contribution in [0.2, 0.25) is 0 Å². The molecule has 13 heteroatoms. The van der Waals surface area contributed by atoms with Crippen LogP contribution in [0.3, 0.4) is 0 Å². The fourth-order valence-corrected chi connectivity index (χ4v) is 3.72. The van der Waals surface area contributed by atoms with Gasteiger partial charge in [0, 0.05) is 6.54 Å².